The second kappa shape index (κ2) is 14.5. The molecular formula is C31H33N3O8S. The largest absolute Gasteiger partial charge is 0.493 e. The number of benzene rings is 2. The molecule has 0 N–H and O–H groups in total. The Labute approximate surface area is 252 Å². The van der Waals surface area contributed by atoms with Crippen LogP contribution in [0.1, 0.15) is 37.9 Å². The van der Waals surface area contributed by atoms with E-state index >= 15 is 0 Å². The van der Waals surface area contributed by atoms with Crippen LogP contribution in [-0.4, -0.2) is 57.8 Å². The van der Waals surface area contributed by atoms with Crippen molar-refractivity contribution < 1.29 is 33.2 Å². The van der Waals surface area contributed by atoms with Crippen molar-refractivity contribution in [2.75, 3.05) is 47.3 Å². The number of rotatable bonds is 13. The smallest absolute Gasteiger partial charge is 0.338 e. The number of fused-ring (bicyclic) bond motifs is 1. The first-order valence-electron chi connectivity index (χ1n) is 13.6. The Bertz CT molecular complexity index is 1730. The van der Waals surface area contributed by atoms with E-state index in [0.29, 0.717) is 62.4 Å². The van der Waals surface area contributed by atoms with Crippen molar-refractivity contribution in [3.8, 4) is 29.1 Å². The number of carbonyl (C=O) groups excluding carboxylic acids is 1. The molecule has 0 fully saturated rings. The Morgan fingerprint density at radius 3 is 2.56 bits per heavy atom. The van der Waals surface area contributed by atoms with Crippen LogP contribution < -0.4 is 33.8 Å². The molecule has 12 heteroatoms. The number of allylic oxidation sites excluding steroid dienone is 1. The lowest BCUT2D eigenvalue weighted by atomic mass is 9.94. The topological polar surface area (TPSA) is 131 Å². The molecule has 0 bridgehead atoms. The van der Waals surface area contributed by atoms with Crippen LogP contribution in [0.3, 0.4) is 0 Å². The number of thiazole rings is 1. The lowest BCUT2D eigenvalue weighted by Gasteiger charge is -2.27. The average molecular weight is 608 g/mol. The zero-order chi connectivity index (χ0) is 30.9. The number of aromatic nitrogens is 1. The van der Waals surface area contributed by atoms with E-state index in [1.165, 1.54) is 30.1 Å². The molecular weight excluding hydrogens is 574 g/mol. The fraction of sp³-hybridized carbons (Fsp3) is 0.355. The number of carbonyl (C=O) groups is 1. The van der Waals surface area contributed by atoms with Gasteiger partial charge in [-0.1, -0.05) is 29.5 Å². The first-order valence-corrected chi connectivity index (χ1v) is 14.4. The van der Waals surface area contributed by atoms with E-state index in [9.17, 15) is 9.59 Å². The second-order valence-corrected chi connectivity index (χ2v) is 10.1. The monoisotopic (exact) mass is 607 g/mol. The van der Waals surface area contributed by atoms with Crippen molar-refractivity contribution in [2.24, 2.45) is 4.99 Å². The number of nitriles is 1. The first kappa shape index (κ1) is 31.3. The van der Waals surface area contributed by atoms with Crippen molar-refractivity contribution in [1.29, 1.82) is 5.26 Å². The summed E-state index contributed by atoms with van der Waals surface area (Å²) in [6.07, 6.45) is 1.72. The van der Waals surface area contributed by atoms with E-state index in [1.54, 1.807) is 49.4 Å². The van der Waals surface area contributed by atoms with Gasteiger partial charge in [0.15, 0.2) is 34.4 Å². The standard InChI is InChI=1S/C31H33N3O8S/c1-6-39-24-17-20(11-12-22(24)41-14-13-32)18-25-29(35)34-27(21-9-8-10-23(38-5)28(21)40-7-2)26(19(3)33-31(34)43-25)30(36)42-16-15-37-4/h8-12,17-18,27H,6-7,14-16H2,1-5H3/b25-18+/t27-/m1/s1. The Kier molecular flexibility index (Phi) is 10.6. The minimum Gasteiger partial charge on any atom is -0.493 e. The van der Waals surface area contributed by atoms with Gasteiger partial charge in [-0.3, -0.25) is 9.36 Å². The van der Waals surface area contributed by atoms with Gasteiger partial charge >= 0.3 is 5.97 Å². The number of ether oxygens (including phenoxy) is 6. The summed E-state index contributed by atoms with van der Waals surface area (Å²) in [5, 5.41) is 8.89. The predicted octanol–water partition coefficient (Wildman–Crippen LogP) is 3.13. The number of para-hydroxylation sites is 1. The summed E-state index contributed by atoms with van der Waals surface area (Å²) in [5.41, 5.74) is 1.52. The van der Waals surface area contributed by atoms with Gasteiger partial charge in [0.2, 0.25) is 0 Å². The molecule has 11 nitrogen and oxygen atoms in total. The fourth-order valence-corrected chi connectivity index (χ4v) is 5.69. The van der Waals surface area contributed by atoms with Crippen molar-refractivity contribution in [3.63, 3.8) is 0 Å². The fourth-order valence-electron chi connectivity index (χ4n) is 4.64. The van der Waals surface area contributed by atoms with Gasteiger partial charge in [-0.15, -0.1) is 0 Å². The van der Waals surface area contributed by atoms with Crippen molar-refractivity contribution in [3.05, 3.63) is 78.5 Å². The van der Waals surface area contributed by atoms with E-state index in [2.05, 4.69) is 4.99 Å². The molecule has 0 unspecified atom stereocenters. The second-order valence-electron chi connectivity index (χ2n) is 9.11. The molecule has 43 heavy (non-hydrogen) atoms. The lowest BCUT2D eigenvalue weighted by Crippen LogP contribution is -2.40. The van der Waals surface area contributed by atoms with Gasteiger partial charge in [-0.2, -0.15) is 5.26 Å². The Morgan fingerprint density at radius 1 is 1.07 bits per heavy atom. The van der Waals surface area contributed by atoms with E-state index in [-0.39, 0.29) is 31.0 Å². The van der Waals surface area contributed by atoms with E-state index in [4.69, 9.17) is 33.7 Å². The van der Waals surface area contributed by atoms with Gasteiger partial charge in [-0.05, 0) is 50.6 Å². The molecule has 2 heterocycles. The van der Waals surface area contributed by atoms with Gasteiger partial charge in [-0.25, -0.2) is 9.79 Å². The van der Waals surface area contributed by atoms with Crippen molar-refractivity contribution in [2.45, 2.75) is 26.8 Å². The van der Waals surface area contributed by atoms with Crippen LogP contribution in [0.2, 0.25) is 0 Å². The van der Waals surface area contributed by atoms with E-state index in [0.717, 1.165) is 0 Å². The molecule has 0 spiro atoms. The maximum atomic E-state index is 14.1. The van der Waals surface area contributed by atoms with Gasteiger partial charge < -0.3 is 28.4 Å². The molecule has 226 valence electrons. The van der Waals surface area contributed by atoms with Gasteiger partial charge in [0.05, 0.1) is 42.7 Å². The Morgan fingerprint density at radius 2 is 1.86 bits per heavy atom. The van der Waals surface area contributed by atoms with Crippen LogP contribution in [-0.2, 0) is 14.3 Å². The minimum atomic E-state index is -0.897. The molecule has 1 atom stereocenters. The van der Waals surface area contributed by atoms with Crippen molar-refractivity contribution in [1.82, 2.24) is 4.57 Å². The summed E-state index contributed by atoms with van der Waals surface area (Å²) in [6, 6.07) is 11.6. The molecule has 0 radical (unpaired) electrons. The molecule has 1 aromatic heterocycles. The summed E-state index contributed by atoms with van der Waals surface area (Å²) in [5.74, 6) is 1.14. The normalized spacial score (nSPS) is 14.4. The molecule has 1 aliphatic heterocycles. The highest BCUT2D eigenvalue weighted by Crippen LogP contribution is 2.40. The van der Waals surface area contributed by atoms with Gasteiger partial charge in [0.1, 0.15) is 18.7 Å². The van der Waals surface area contributed by atoms with Crippen LogP contribution in [0.5, 0.6) is 23.0 Å². The van der Waals surface area contributed by atoms with Crippen LogP contribution >= 0.6 is 11.3 Å². The number of nitrogens with zero attached hydrogens (tertiary/aromatic N) is 3. The summed E-state index contributed by atoms with van der Waals surface area (Å²) in [6.45, 7) is 6.25. The number of hydrogen-bond acceptors (Lipinski definition) is 11. The lowest BCUT2D eigenvalue weighted by molar-refractivity contribution is -0.140. The highest BCUT2D eigenvalue weighted by molar-refractivity contribution is 7.07. The highest BCUT2D eigenvalue weighted by atomic mass is 32.1. The van der Waals surface area contributed by atoms with Gasteiger partial charge in [0.25, 0.3) is 5.56 Å². The maximum absolute atomic E-state index is 14.1. The molecule has 0 aliphatic carbocycles. The maximum Gasteiger partial charge on any atom is 0.338 e. The van der Waals surface area contributed by atoms with Crippen LogP contribution in [0, 0.1) is 11.3 Å². The summed E-state index contributed by atoms with van der Waals surface area (Å²) < 4.78 is 35.2. The van der Waals surface area contributed by atoms with Gasteiger partial charge in [0, 0.05) is 12.7 Å². The van der Waals surface area contributed by atoms with E-state index < -0.39 is 12.0 Å². The SMILES string of the molecule is CCOc1cc(/C=c2/sc3n(c2=O)[C@H](c2cccc(OC)c2OCC)C(C(=O)OCCOC)=C(C)N=3)ccc1OCC#N. The molecule has 3 aromatic rings. The summed E-state index contributed by atoms with van der Waals surface area (Å²) in [4.78, 5) is 32.6. The quantitative estimate of drug-likeness (QED) is 0.212. The zero-order valence-corrected chi connectivity index (χ0v) is 25.5. The Hall–Kier alpha value is -4.60. The molecule has 4 rings (SSSR count). The molecule has 0 saturated carbocycles. The zero-order valence-electron chi connectivity index (χ0n) is 24.7. The number of esters is 1. The molecule has 2 aromatic carbocycles. The first-order chi connectivity index (χ1) is 20.9. The number of methoxy groups -OCH3 is 2. The third-order valence-electron chi connectivity index (χ3n) is 6.43. The van der Waals surface area contributed by atoms with Crippen molar-refractivity contribution >= 4 is 23.4 Å². The van der Waals surface area contributed by atoms with Crippen LogP contribution in [0.4, 0.5) is 0 Å². The highest BCUT2D eigenvalue weighted by Gasteiger charge is 2.36. The summed E-state index contributed by atoms with van der Waals surface area (Å²) >= 11 is 1.20. The minimum absolute atomic E-state index is 0.0376. The number of hydrogen-bond donors (Lipinski definition) is 0. The molecule has 0 amide bonds. The van der Waals surface area contributed by atoms with Crippen LogP contribution in [0.15, 0.2) is 57.5 Å². The third-order valence-corrected chi connectivity index (χ3v) is 7.42. The molecule has 0 saturated heterocycles. The third kappa shape index (κ3) is 6.74. The van der Waals surface area contributed by atoms with E-state index in [1.807, 2.05) is 19.9 Å². The summed E-state index contributed by atoms with van der Waals surface area (Å²) in [7, 11) is 3.04. The molecule has 1 aliphatic rings. The average Bonchev–Trinajstić information content (AvgIpc) is 3.30. The Balaban J connectivity index is 1.92. The van der Waals surface area contributed by atoms with Crippen LogP contribution in [0.25, 0.3) is 6.08 Å². The predicted molar refractivity (Wildman–Crippen MR) is 159 cm³/mol.